The first kappa shape index (κ1) is 15.7. The first-order valence-corrected chi connectivity index (χ1v) is 8.96. The highest BCUT2D eigenvalue weighted by Crippen LogP contribution is 2.31. The van der Waals surface area contributed by atoms with Gasteiger partial charge in [-0.3, -0.25) is 4.79 Å². The number of nitrogens with zero attached hydrogens (tertiary/aromatic N) is 1. The van der Waals surface area contributed by atoms with Gasteiger partial charge in [0.05, 0.1) is 6.54 Å². The maximum absolute atomic E-state index is 12.4. The molecule has 0 spiro atoms. The Morgan fingerprint density at radius 3 is 2.96 bits per heavy atom. The van der Waals surface area contributed by atoms with E-state index in [9.17, 15) is 4.79 Å². The molecule has 0 saturated carbocycles. The first-order valence-electron chi connectivity index (χ1n) is 7.73. The van der Waals surface area contributed by atoms with E-state index in [4.69, 9.17) is 5.73 Å². The van der Waals surface area contributed by atoms with E-state index < -0.39 is 0 Å². The van der Waals surface area contributed by atoms with Crippen molar-refractivity contribution < 1.29 is 4.79 Å². The highest BCUT2D eigenvalue weighted by molar-refractivity contribution is 7.98. The van der Waals surface area contributed by atoms with E-state index in [1.165, 1.54) is 0 Å². The molecule has 0 bridgehead atoms. The zero-order chi connectivity index (χ0) is 16.2. The molecule has 0 atom stereocenters. The Balaban J connectivity index is 1.70. The number of fused-ring (bicyclic) bond motifs is 1. The fraction of sp³-hybridized carbons (Fsp3) is 0.278. The molecule has 1 amide bonds. The summed E-state index contributed by atoms with van der Waals surface area (Å²) >= 11 is 1.66. The van der Waals surface area contributed by atoms with Crippen molar-refractivity contribution in [1.82, 2.24) is 0 Å². The summed E-state index contributed by atoms with van der Waals surface area (Å²) in [5, 5.41) is 2.98. The number of hydrogen-bond donors (Lipinski definition) is 2. The van der Waals surface area contributed by atoms with Gasteiger partial charge in [-0.15, -0.1) is 11.8 Å². The molecule has 0 aromatic heterocycles. The number of anilines is 3. The largest absolute Gasteiger partial charge is 0.398 e. The van der Waals surface area contributed by atoms with Gasteiger partial charge in [0.1, 0.15) is 0 Å². The van der Waals surface area contributed by atoms with Crippen LogP contribution in [0.25, 0.3) is 0 Å². The highest BCUT2D eigenvalue weighted by Gasteiger charge is 2.20. The van der Waals surface area contributed by atoms with E-state index in [-0.39, 0.29) is 5.91 Å². The molecule has 1 heterocycles. The molecule has 120 valence electrons. The number of benzene rings is 2. The summed E-state index contributed by atoms with van der Waals surface area (Å²) in [4.78, 5) is 15.6. The first-order chi connectivity index (χ1) is 11.2. The van der Waals surface area contributed by atoms with Crippen LogP contribution < -0.4 is 16.0 Å². The average Bonchev–Trinajstić information content (AvgIpc) is 2.56. The van der Waals surface area contributed by atoms with E-state index in [0.29, 0.717) is 6.54 Å². The molecule has 0 radical (unpaired) electrons. The van der Waals surface area contributed by atoms with Gasteiger partial charge in [-0.2, -0.15) is 0 Å². The van der Waals surface area contributed by atoms with Crippen molar-refractivity contribution in [3.8, 4) is 0 Å². The summed E-state index contributed by atoms with van der Waals surface area (Å²) in [6.45, 7) is 1.23. The standard InChI is InChI=1S/C18H21N3OS/c1-23-14-6-2-5-13(11-14)20-18(22)12-21-10-4-7-15-16(19)8-3-9-17(15)21/h2-3,5-6,8-9,11H,4,7,10,12,19H2,1H3,(H,20,22). The summed E-state index contributed by atoms with van der Waals surface area (Å²) in [6, 6.07) is 13.8. The minimum atomic E-state index is -0.00136. The van der Waals surface area contributed by atoms with E-state index in [2.05, 4.69) is 10.2 Å². The van der Waals surface area contributed by atoms with Gasteiger partial charge in [0, 0.05) is 28.5 Å². The van der Waals surface area contributed by atoms with Crippen molar-refractivity contribution in [2.24, 2.45) is 0 Å². The third-order valence-corrected chi connectivity index (χ3v) is 4.80. The minimum absolute atomic E-state index is 0.00136. The second-order valence-corrected chi connectivity index (χ2v) is 6.53. The predicted octanol–water partition coefficient (Wildman–Crippen LogP) is 3.38. The fourth-order valence-corrected chi connectivity index (χ4v) is 3.43. The Labute approximate surface area is 141 Å². The molecule has 1 aliphatic rings. The Hall–Kier alpha value is -2.14. The van der Waals surface area contributed by atoms with Crippen molar-refractivity contribution in [3.63, 3.8) is 0 Å². The Morgan fingerprint density at radius 1 is 1.30 bits per heavy atom. The van der Waals surface area contributed by atoms with Crippen LogP contribution in [-0.2, 0) is 11.2 Å². The molecule has 0 fully saturated rings. The second-order valence-electron chi connectivity index (χ2n) is 5.65. The number of thioether (sulfide) groups is 1. The van der Waals surface area contributed by atoms with E-state index in [1.807, 2.05) is 48.7 Å². The molecule has 0 saturated heterocycles. The molecule has 3 N–H and O–H groups in total. The Morgan fingerprint density at radius 2 is 2.13 bits per heavy atom. The number of nitrogens with two attached hydrogens (primary N) is 1. The van der Waals surface area contributed by atoms with Gasteiger partial charge in [-0.25, -0.2) is 0 Å². The molecule has 3 rings (SSSR count). The van der Waals surface area contributed by atoms with E-state index in [0.717, 1.165) is 46.9 Å². The van der Waals surface area contributed by atoms with Crippen LogP contribution in [0.5, 0.6) is 0 Å². The number of carbonyl (C=O) groups is 1. The van der Waals surface area contributed by atoms with Crippen molar-refractivity contribution in [2.45, 2.75) is 17.7 Å². The maximum atomic E-state index is 12.4. The zero-order valence-corrected chi connectivity index (χ0v) is 14.0. The fourth-order valence-electron chi connectivity index (χ4n) is 2.97. The number of nitrogens with one attached hydrogen (secondary N) is 1. The molecule has 5 heteroatoms. The minimum Gasteiger partial charge on any atom is -0.398 e. The van der Waals surface area contributed by atoms with Crippen molar-refractivity contribution in [3.05, 3.63) is 48.0 Å². The lowest BCUT2D eigenvalue weighted by atomic mass is 10.00. The zero-order valence-electron chi connectivity index (χ0n) is 13.2. The van der Waals surface area contributed by atoms with Gasteiger partial charge in [-0.05, 0) is 55.0 Å². The van der Waals surface area contributed by atoms with Crippen LogP contribution in [0.1, 0.15) is 12.0 Å². The Bertz CT molecular complexity index is 717. The molecule has 2 aromatic rings. The molecule has 0 aliphatic carbocycles. The molecular formula is C18H21N3OS. The van der Waals surface area contributed by atoms with E-state index in [1.54, 1.807) is 11.8 Å². The van der Waals surface area contributed by atoms with Crippen molar-refractivity contribution >= 4 is 34.7 Å². The van der Waals surface area contributed by atoms with Crippen LogP contribution in [0.3, 0.4) is 0 Å². The van der Waals surface area contributed by atoms with Crippen LogP contribution in [0, 0.1) is 0 Å². The number of carbonyl (C=O) groups excluding carboxylic acids is 1. The molecule has 0 unspecified atom stereocenters. The van der Waals surface area contributed by atoms with Crippen LogP contribution in [0.2, 0.25) is 0 Å². The Kier molecular flexibility index (Phi) is 4.76. The maximum Gasteiger partial charge on any atom is 0.243 e. The topological polar surface area (TPSA) is 58.4 Å². The van der Waals surface area contributed by atoms with Crippen LogP contribution >= 0.6 is 11.8 Å². The summed E-state index contributed by atoms with van der Waals surface area (Å²) in [6.07, 6.45) is 4.03. The summed E-state index contributed by atoms with van der Waals surface area (Å²) in [5.74, 6) is -0.00136. The monoisotopic (exact) mass is 327 g/mol. The van der Waals surface area contributed by atoms with Gasteiger partial charge in [-0.1, -0.05) is 12.1 Å². The van der Waals surface area contributed by atoms with E-state index >= 15 is 0 Å². The lowest BCUT2D eigenvalue weighted by Gasteiger charge is -2.31. The lowest BCUT2D eigenvalue weighted by Crippen LogP contribution is -2.37. The van der Waals surface area contributed by atoms with Gasteiger partial charge in [0.2, 0.25) is 5.91 Å². The number of nitrogen functional groups attached to an aromatic ring is 1. The summed E-state index contributed by atoms with van der Waals surface area (Å²) < 4.78 is 0. The highest BCUT2D eigenvalue weighted by atomic mass is 32.2. The quantitative estimate of drug-likeness (QED) is 0.668. The number of amides is 1. The molecule has 1 aliphatic heterocycles. The van der Waals surface area contributed by atoms with Crippen LogP contribution in [-0.4, -0.2) is 25.3 Å². The summed E-state index contributed by atoms with van der Waals surface area (Å²) in [5.41, 5.74) is 9.97. The summed E-state index contributed by atoms with van der Waals surface area (Å²) in [7, 11) is 0. The van der Waals surface area contributed by atoms with Crippen molar-refractivity contribution in [1.29, 1.82) is 0 Å². The van der Waals surface area contributed by atoms with Gasteiger partial charge in [0.25, 0.3) is 0 Å². The lowest BCUT2D eigenvalue weighted by molar-refractivity contribution is -0.115. The third-order valence-electron chi connectivity index (χ3n) is 4.07. The normalized spacial score (nSPS) is 13.5. The predicted molar refractivity (Wildman–Crippen MR) is 98.2 cm³/mol. The van der Waals surface area contributed by atoms with Crippen LogP contribution in [0.4, 0.5) is 17.1 Å². The molecular weight excluding hydrogens is 306 g/mol. The van der Waals surface area contributed by atoms with Crippen LogP contribution in [0.15, 0.2) is 47.4 Å². The smallest absolute Gasteiger partial charge is 0.243 e. The number of rotatable bonds is 4. The van der Waals surface area contributed by atoms with Gasteiger partial charge >= 0.3 is 0 Å². The van der Waals surface area contributed by atoms with Gasteiger partial charge < -0.3 is 16.0 Å². The van der Waals surface area contributed by atoms with Crippen molar-refractivity contribution in [2.75, 3.05) is 35.3 Å². The molecule has 4 nitrogen and oxygen atoms in total. The molecule has 23 heavy (non-hydrogen) atoms. The average molecular weight is 327 g/mol. The molecule has 2 aromatic carbocycles. The van der Waals surface area contributed by atoms with Gasteiger partial charge in [0.15, 0.2) is 0 Å². The SMILES string of the molecule is CSc1cccc(NC(=O)CN2CCCc3c(N)cccc32)c1. The second kappa shape index (κ2) is 6.96. The number of hydrogen-bond acceptors (Lipinski definition) is 4. The third kappa shape index (κ3) is 3.62.